The molecule has 1 amide bonds. The van der Waals surface area contributed by atoms with Gasteiger partial charge in [-0.2, -0.15) is 0 Å². The van der Waals surface area contributed by atoms with E-state index in [2.05, 4.69) is 41.8 Å². The fraction of sp³-hybridized carbons (Fsp3) is 0.682. The maximum Gasteiger partial charge on any atom is 0.225 e. The largest absolute Gasteiger partial charge is 0.492 e. The molecule has 0 N–H and O–H groups in total. The highest BCUT2D eigenvalue weighted by Crippen LogP contribution is 2.22. The third kappa shape index (κ3) is 5.23. The molecule has 2 heterocycles. The van der Waals surface area contributed by atoms with Gasteiger partial charge in [0.15, 0.2) is 0 Å². The third-order valence-electron chi connectivity index (χ3n) is 5.86. The lowest BCUT2D eigenvalue weighted by Gasteiger charge is -2.34. The fourth-order valence-corrected chi connectivity index (χ4v) is 4.10. The van der Waals surface area contributed by atoms with Crippen LogP contribution in [0.2, 0.25) is 0 Å². The first-order valence-corrected chi connectivity index (χ1v) is 10.3. The first kappa shape index (κ1) is 19.2. The lowest BCUT2D eigenvalue weighted by atomic mass is 9.95. The van der Waals surface area contributed by atoms with Crippen molar-refractivity contribution in [2.75, 3.05) is 39.3 Å². The molecule has 2 fully saturated rings. The van der Waals surface area contributed by atoms with Gasteiger partial charge in [0.1, 0.15) is 12.4 Å². The van der Waals surface area contributed by atoms with Gasteiger partial charge in [0.05, 0.1) is 0 Å². The monoisotopic (exact) mass is 358 g/mol. The number of amides is 1. The molecule has 0 saturated carbocycles. The first-order chi connectivity index (χ1) is 12.6. The summed E-state index contributed by atoms with van der Waals surface area (Å²) in [5.74, 6) is 1.65. The number of likely N-dealkylation sites (tertiary alicyclic amines) is 2. The van der Waals surface area contributed by atoms with Crippen molar-refractivity contribution in [3.8, 4) is 5.75 Å². The molecular weight excluding hydrogens is 324 g/mol. The van der Waals surface area contributed by atoms with Crippen LogP contribution in [-0.2, 0) is 4.79 Å². The van der Waals surface area contributed by atoms with Gasteiger partial charge in [-0.25, -0.2) is 0 Å². The van der Waals surface area contributed by atoms with Crippen LogP contribution in [-0.4, -0.2) is 55.0 Å². The van der Waals surface area contributed by atoms with Crippen molar-refractivity contribution in [1.82, 2.24) is 9.80 Å². The number of hydrogen-bond donors (Lipinski definition) is 0. The molecule has 4 nitrogen and oxygen atoms in total. The second-order valence-corrected chi connectivity index (χ2v) is 7.97. The van der Waals surface area contributed by atoms with Crippen molar-refractivity contribution >= 4 is 5.91 Å². The minimum Gasteiger partial charge on any atom is -0.492 e. The van der Waals surface area contributed by atoms with Gasteiger partial charge < -0.3 is 9.64 Å². The van der Waals surface area contributed by atoms with Gasteiger partial charge in [0.25, 0.3) is 0 Å². The minimum atomic E-state index is 0.240. The van der Waals surface area contributed by atoms with E-state index in [1.165, 1.54) is 36.8 Å². The SMILES string of the molecule is Cc1ccc(C)c(OCCN2CCC(C(=O)N3CCCCCC3)CC2)c1. The summed E-state index contributed by atoms with van der Waals surface area (Å²) in [4.78, 5) is 17.3. The summed E-state index contributed by atoms with van der Waals surface area (Å²) in [5.41, 5.74) is 2.43. The van der Waals surface area contributed by atoms with Gasteiger partial charge in [0.2, 0.25) is 5.91 Å². The molecule has 0 spiro atoms. The summed E-state index contributed by atoms with van der Waals surface area (Å²) in [6.07, 6.45) is 6.92. The van der Waals surface area contributed by atoms with Gasteiger partial charge in [-0.3, -0.25) is 9.69 Å². The van der Waals surface area contributed by atoms with E-state index >= 15 is 0 Å². The number of nitrogens with zero attached hydrogens (tertiary/aromatic N) is 2. The van der Waals surface area contributed by atoms with Crippen LogP contribution < -0.4 is 4.74 Å². The van der Waals surface area contributed by atoms with E-state index in [1.54, 1.807) is 0 Å². The predicted molar refractivity (Wildman–Crippen MR) is 106 cm³/mol. The van der Waals surface area contributed by atoms with Crippen molar-refractivity contribution in [3.05, 3.63) is 29.3 Å². The minimum absolute atomic E-state index is 0.240. The van der Waals surface area contributed by atoms with Crippen molar-refractivity contribution in [2.24, 2.45) is 5.92 Å². The van der Waals surface area contributed by atoms with E-state index in [-0.39, 0.29) is 5.92 Å². The molecular formula is C22H34N2O2. The van der Waals surface area contributed by atoms with Crippen LogP contribution >= 0.6 is 0 Å². The van der Waals surface area contributed by atoms with E-state index in [9.17, 15) is 4.79 Å². The zero-order valence-corrected chi connectivity index (χ0v) is 16.5. The molecule has 0 aliphatic carbocycles. The second-order valence-electron chi connectivity index (χ2n) is 7.97. The highest BCUT2D eigenvalue weighted by atomic mass is 16.5. The standard InChI is InChI=1S/C22H34N2O2/c1-18-7-8-19(2)21(17-18)26-16-15-23-13-9-20(10-14-23)22(25)24-11-5-3-4-6-12-24/h7-8,17,20H,3-6,9-16H2,1-2H3. The molecule has 0 aromatic heterocycles. The molecule has 0 atom stereocenters. The average Bonchev–Trinajstić information content (AvgIpc) is 2.94. The molecule has 0 unspecified atom stereocenters. The third-order valence-corrected chi connectivity index (χ3v) is 5.86. The second kappa shape index (κ2) is 9.40. The molecule has 144 valence electrons. The first-order valence-electron chi connectivity index (χ1n) is 10.3. The Kier molecular flexibility index (Phi) is 6.95. The molecule has 2 aliphatic heterocycles. The fourth-order valence-electron chi connectivity index (χ4n) is 4.10. The zero-order chi connectivity index (χ0) is 18.4. The van der Waals surface area contributed by atoms with Gasteiger partial charge in [-0.1, -0.05) is 25.0 Å². The lowest BCUT2D eigenvalue weighted by Crippen LogP contribution is -2.43. The van der Waals surface area contributed by atoms with Crippen LogP contribution in [0, 0.1) is 19.8 Å². The molecule has 0 radical (unpaired) electrons. The van der Waals surface area contributed by atoms with E-state index in [0.29, 0.717) is 5.91 Å². The molecule has 2 aliphatic rings. The summed E-state index contributed by atoms with van der Waals surface area (Å²) in [5, 5.41) is 0. The van der Waals surface area contributed by atoms with Crippen molar-refractivity contribution in [1.29, 1.82) is 0 Å². The van der Waals surface area contributed by atoms with Gasteiger partial charge in [0, 0.05) is 25.6 Å². The maximum atomic E-state index is 12.8. The van der Waals surface area contributed by atoms with Crippen LogP contribution in [0.1, 0.15) is 49.7 Å². The highest BCUT2D eigenvalue weighted by molar-refractivity contribution is 5.79. The van der Waals surface area contributed by atoms with Crippen LogP contribution in [0.5, 0.6) is 5.75 Å². The Hall–Kier alpha value is -1.55. The van der Waals surface area contributed by atoms with Crippen molar-refractivity contribution in [3.63, 3.8) is 0 Å². The molecule has 26 heavy (non-hydrogen) atoms. The van der Waals surface area contributed by atoms with Crippen molar-refractivity contribution < 1.29 is 9.53 Å². The predicted octanol–water partition coefficient (Wildman–Crippen LogP) is 3.80. The molecule has 1 aromatic carbocycles. The summed E-state index contributed by atoms with van der Waals surface area (Å²) in [6.45, 7) is 9.83. The quantitative estimate of drug-likeness (QED) is 0.803. The van der Waals surface area contributed by atoms with Crippen molar-refractivity contribution in [2.45, 2.75) is 52.4 Å². The zero-order valence-electron chi connectivity index (χ0n) is 16.5. The molecule has 4 heteroatoms. The summed E-state index contributed by atoms with van der Waals surface area (Å²) in [6, 6.07) is 6.35. The number of piperidine rings is 1. The molecule has 3 rings (SSSR count). The Labute approximate surface area is 158 Å². The van der Waals surface area contributed by atoms with Crippen LogP contribution in [0.3, 0.4) is 0 Å². The van der Waals surface area contributed by atoms with E-state index < -0.39 is 0 Å². The van der Waals surface area contributed by atoms with Gasteiger partial charge in [-0.05, 0) is 69.8 Å². The number of rotatable bonds is 5. The topological polar surface area (TPSA) is 32.8 Å². The summed E-state index contributed by atoms with van der Waals surface area (Å²) >= 11 is 0. The Morgan fingerprint density at radius 1 is 1.04 bits per heavy atom. The molecule has 1 aromatic rings. The lowest BCUT2D eigenvalue weighted by molar-refractivity contribution is -0.137. The van der Waals surface area contributed by atoms with Gasteiger partial charge >= 0.3 is 0 Å². The smallest absolute Gasteiger partial charge is 0.225 e. The Morgan fingerprint density at radius 3 is 2.42 bits per heavy atom. The number of ether oxygens (including phenoxy) is 1. The Balaban J connectivity index is 1.39. The summed E-state index contributed by atoms with van der Waals surface area (Å²) < 4.78 is 5.99. The van der Waals surface area contributed by atoms with E-state index in [4.69, 9.17) is 4.74 Å². The maximum absolute atomic E-state index is 12.8. The number of benzene rings is 1. The normalized spacial score (nSPS) is 20.0. The average molecular weight is 359 g/mol. The van der Waals surface area contributed by atoms with Crippen LogP contribution in [0.25, 0.3) is 0 Å². The molecule has 0 bridgehead atoms. The number of aryl methyl sites for hydroxylation is 2. The van der Waals surface area contributed by atoms with Crippen LogP contribution in [0.4, 0.5) is 0 Å². The molecule has 2 saturated heterocycles. The Morgan fingerprint density at radius 2 is 1.73 bits per heavy atom. The number of carbonyl (C=O) groups is 1. The van der Waals surface area contributed by atoms with Gasteiger partial charge in [-0.15, -0.1) is 0 Å². The Bertz CT molecular complexity index is 586. The number of hydrogen-bond acceptors (Lipinski definition) is 3. The van der Waals surface area contributed by atoms with E-state index in [0.717, 1.165) is 57.9 Å². The summed E-state index contributed by atoms with van der Waals surface area (Å²) in [7, 11) is 0. The van der Waals surface area contributed by atoms with Crippen LogP contribution in [0.15, 0.2) is 18.2 Å². The number of carbonyl (C=O) groups excluding carboxylic acids is 1. The highest BCUT2D eigenvalue weighted by Gasteiger charge is 2.28. The van der Waals surface area contributed by atoms with E-state index in [1.807, 2.05) is 0 Å².